The number of aromatic carboxylic acids is 1. The fourth-order valence-corrected chi connectivity index (χ4v) is 0.857. The molecule has 4 N–H and O–H groups in total. The number of carbonyl (C=O) groups is 1. The van der Waals surface area contributed by atoms with Crippen molar-refractivity contribution in [1.29, 1.82) is 0 Å². The van der Waals surface area contributed by atoms with Crippen LogP contribution in [0.25, 0.3) is 0 Å². The molecule has 0 aliphatic rings. The lowest BCUT2D eigenvalue weighted by molar-refractivity contribution is 0.0697. The standard InChI is InChI=1S/C9H8N2O3/c10-8-7(9(13)14)4-6(5-11-8)2-1-3-12/h4-5,12H,3H2,(H2,10,11)(H,13,14). The molecule has 1 heterocycles. The van der Waals surface area contributed by atoms with Crippen LogP contribution in [0.15, 0.2) is 12.3 Å². The van der Waals surface area contributed by atoms with Gasteiger partial charge in [-0.15, -0.1) is 0 Å². The zero-order valence-electron chi connectivity index (χ0n) is 7.19. The summed E-state index contributed by atoms with van der Waals surface area (Å²) in [5, 5.41) is 17.1. The molecule has 0 bridgehead atoms. The molecule has 1 aromatic heterocycles. The minimum atomic E-state index is -1.15. The maximum absolute atomic E-state index is 10.6. The maximum Gasteiger partial charge on any atom is 0.339 e. The topological polar surface area (TPSA) is 96.4 Å². The maximum atomic E-state index is 10.6. The average Bonchev–Trinajstić information content (AvgIpc) is 2.16. The van der Waals surface area contributed by atoms with Crippen LogP contribution in [0, 0.1) is 11.8 Å². The van der Waals surface area contributed by atoms with E-state index in [-0.39, 0.29) is 18.0 Å². The Kier molecular flexibility index (Phi) is 3.05. The molecule has 1 rings (SSSR count). The quantitative estimate of drug-likeness (QED) is 0.531. The van der Waals surface area contributed by atoms with E-state index in [0.29, 0.717) is 5.56 Å². The van der Waals surface area contributed by atoms with Gasteiger partial charge in [-0.2, -0.15) is 0 Å². The Hall–Kier alpha value is -2.06. The fraction of sp³-hybridized carbons (Fsp3) is 0.111. The van der Waals surface area contributed by atoms with Crippen LogP contribution in [-0.2, 0) is 0 Å². The van der Waals surface area contributed by atoms with Crippen molar-refractivity contribution < 1.29 is 15.0 Å². The third-order valence-corrected chi connectivity index (χ3v) is 1.46. The lowest BCUT2D eigenvalue weighted by Crippen LogP contribution is -2.04. The zero-order chi connectivity index (χ0) is 10.6. The summed E-state index contributed by atoms with van der Waals surface area (Å²) in [5.74, 6) is 3.72. The van der Waals surface area contributed by atoms with E-state index >= 15 is 0 Å². The molecule has 0 radical (unpaired) electrons. The smallest absolute Gasteiger partial charge is 0.339 e. The first kappa shape index (κ1) is 10.0. The van der Waals surface area contributed by atoms with Gasteiger partial charge < -0.3 is 15.9 Å². The molecule has 5 heteroatoms. The van der Waals surface area contributed by atoms with Gasteiger partial charge in [0.05, 0.1) is 0 Å². The Labute approximate surface area is 80.2 Å². The van der Waals surface area contributed by atoms with Crippen molar-refractivity contribution in [3.8, 4) is 11.8 Å². The van der Waals surface area contributed by atoms with E-state index in [1.807, 2.05) is 0 Å². The second-order valence-corrected chi connectivity index (χ2v) is 2.42. The van der Waals surface area contributed by atoms with E-state index in [2.05, 4.69) is 16.8 Å². The van der Waals surface area contributed by atoms with E-state index < -0.39 is 5.97 Å². The summed E-state index contributed by atoms with van der Waals surface area (Å²) in [7, 11) is 0. The van der Waals surface area contributed by atoms with E-state index in [9.17, 15) is 4.79 Å². The molecule has 1 aromatic rings. The van der Waals surface area contributed by atoms with Gasteiger partial charge in [-0.3, -0.25) is 0 Å². The Morgan fingerprint density at radius 1 is 1.64 bits per heavy atom. The molecule has 0 aromatic carbocycles. The molecule has 0 atom stereocenters. The molecule has 0 saturated carbocycles. The van der Waals surface area contributed by atoms with Crippen LogP contribution < -0.4 is 5.73 Å². The fourth-order valence-electron chi connectivity index (χ4n) is 0.857. The summed E-state index contributed by atoms with van der Waals surface area (Å²) in [6, 6.07) is 1.31. The van der Waals surface area contributed by atoms with Gasteiger partial charge in [0.25, 0.3) is 0 Å². The third-order valence-electron chi connectivity index (χ3n) is 1.46. The van der Waals surface area contributed by atoms with Crippen molar-refractivity contribution in [3.05, 3.63) is 23.4 Å². The number of anilines is 1. The lowest BCUT2D eigenvalue weighted by Gasteiger charge is -1.98. The summed E-state index contributed by atoms with van der Waals surface area (Å²) >= 11 is 0. The summed E-state index contributed by atoms with van der Waals surface area (Å²) in [4.78, 5) is 14.3. The van der Waals surface area contributed by atoms with Crippen molar-refractivity contribution in [2.45, 2.75) is 0 Å². The number of hydrogen-bond donors (Lipinski definition) is 3. The van der Waals surface area contributed by atoms with Crippen LogP contribution in [0.3, 0.4) is 0 Å². The molecule has 5 nitrogen and oxygen atoms in total. The van der Waals surface area contributed by atoms with Gasteiger partial charge in [0.15, 0.2) is 0 Å². The average molecular weight is 192 g/mol. The van der Waals surface area contributed by atoms with Crippen LogP contribution >= 0.6 is 0 Å². The minimum Gasteiger partial charge on any atom is -0.478 e. The number of carboxylic acid groups (broad SMARTS) is 1. The highest BCUT2D eigenvalue weighted by Crippen LogP contribution is 2.09. The zero-order valence-corrected chi connectivity index (χ0v) is 7.19. The predicted molar refractivity (Wildman–Crippen MR) is 49.6 cm³/mol. The molecule has 14 heavy (non-hydrogen) atoms. The van der Waals surface area contributed by atoms with Gasteiger partial charge in [0.2, 0.25) is 0 Å². The molecule has 0 aliphatic carbocycles. The SMILES string of the molecule is Nc1ncc(C#CCO)cc1C(=O)O. The van der Waals surface area contributed by atoms with Crippen LogP contribution in [0.1, 0.15) is 15.9 Å². The van der Waals surface area contributed by atoms with Gasteiger partial charge in [0.1, 0.15) is 18.0 Å². The normalized spacial score (nSPS) is 8.93. The number of aliphatic hydroxyl groups excluding tert-OH is 1. The van der Waals surface area contributed by atoms with Gasteiger partial charge >= 0.3 is 5.97 Å². The molecule has 0 aliphatic heterocycles. The number of nitrogens with two attached hydrogens (primary N) is 1. The van der Waals surface area contributed by atoms with Gasteiger partial charge in [0, 0.05) is 11.8 Å². The van der Waals surface area contributed by atoms with Crippen LogP contribution in [0.4, 0.5) is 5.82 Å². The summed E-state index contributed by atoms with van der Waals surface area (Å²) in [6.07, 6.45) is 1.35. The Morgan fingerprint density at radius 3 is 2.93 bits per heavy atom. The largest absolute Gasteiger partial charge is 0.478 e. The number of nitrogens with zero attached hydrogens (tertiary/aromatic N) is 1. The summed E-state index contributed by atoms with van der Waals surface area (Å²) < 4.78 is 0. The molecular formula is C9H8N2O3. The molecular weight excluding hydrogens is 184 g/mol. The predicted octanol–water partition coefficient (Wildman–Crippen LogP) is -0.294. The van der Waals surface area contributed by atoms with Crippen molar-refractivity contribution in [2.24, 2.45) is 0 Å². The first-order valence-electron chi connectivity index (χ1n) is 3.73. The molecule has 0 fully saturated rings. The molecule has 72 valence electrons. The van der Waals surface area contributed by atoms with Crippen LogP contribution in [0.2, 0.25) is 0 Å². The number of aliphatic hydroxyl groups is 1. The van der Waals surface area contributed by atoms with Crippen molar-refractivity contribution in [1.82, 2.24) is 4.98 Å². The highest BCUT2D eigenvalue weighted by atomic mass is 16.4. The van der Waals surface area contributed by atoms with Crippen LogP contribution in [0.5, 0.6) is 0 Å². The van der Waals surface area contributed by atoms with Crippen molar-refractivity contribution in [3.63, 3.8) is 0 Å². The summed E-state index contributed by atoms with van der Waals surface area (Å²) in [5.41, 5.74) is 5.65. The highest BCUT2D eigenvalue weighted by Gasteiger charge is 2.08. The number of aromatic nitrogens is 1. The molecule has 0 amide bonds. The third kappa shape index (κ3) is 2.21. The Bertz CT molecular complexity index is 418. The molecule has 0 unspecified atom stereocenters. The van der Waals surface area contributed by atoms with Crippen molar-refractivity contribution >= 4 is 11.8 Å². The van der Waals surface area contributed by atoms with E-state index in [4.69, 9.17) is 15.9 Å². The second kappa shape index (κ2) is 4.25. The monoisotopic (exact) mass is 192 g/mol. The van der Waals surface area contributed by atoms with E-state index in [1.54, 1.807) is 0 Å². The highest BCUT2D eigenvalue weighted by molar-refractivity contribution is 5.92. The number of carboxylic acids is 1. The summed E-state index contributed by atoms with van der Waals surface area (Å²) in [6.45, 7) is -0.285. The van der Waals surface area contributed by atoms with Gasteiger partial charge in [-0.05, 0) is 6.07 Å². The Balaban J connectivity index is 3.13. The van der Waals surface area contributed by atoms with E-state index in [0.717, 1.165) is 0 Å². The number of rotatable bonds is 1. The van der Waals surface area contributed by atoms with Gasteiger partial charge in [-0.1, -0.05) is 11.8 Å². The van der Waals surface area contributed by atoms with Gasteiger partial charge in [-0.25, -0.2) is 9.78 Å². The number of nitrogen functional groups attached to an aromatic ring is 1. The first-order valence-corrected chi connectivity index (χ1v) is 3.73. The molecule has 0 spiro atoms. The van der Waals surface area contributed by atoms with Crippen molar-refractivity contribution in [2.75, 3.05) is 12.3 Å². The number of pyridine rings is 1. The van der Waals surface area contributed by atoms with Crippen LogP contribution in [-0.4, -0.2) is 27.8 Å². The lowest BCUT2D eigenvalue weighted by atomic mass is 10.2. The van der Waals surface area contributed by atoms with E-state index in [1.165, 1.54) is 12.3 Å². The number of hydrogen-bond acceptors (Lipinski definition) is 4. The first-order chi connectivity index (χ1) is 6.65. The molecule has 0 saturated heterocycles. The second-order valence-electron chi connectivity index (χ2n) is 2.42. The Morgan fingerprint density at radius 2 is 2.36 bits per heavy atom. The minimum absolute atomic E-state index is 0.0490.